The normalized spacial score (nSPS) is 11.2. The van der Waals surface area contributed by atoms with Gasteiger partial charge in [0, 0.05) is 40.3 Å². The van der Waals surface area contributed by atoms with E-state index >= 15 is 0 Å². The SMILES string of the molecule is Cc1ccc2cc(CCSC(=S)NCCc3c[nH]c4ccccc34)c(=O)oc2c1. The maximum absolute atomic E-state index is 12.2. The number of nitrogens with one attached hydrogen (secondary N) is 2. The first kappa shape index (κ1) is 19.7. The molecule has 6 heteroatoms. The smallest absolute Gasteiger partial charge is 0.339 e. The maximum atomic E-state index is 12.2. The molecule has 2 aromatic carbocycles. The van der Waals surface area contributed by atoms with Crippen LogP contribution in [0.4, 0.5) is 0 Å². The highest BCUT2D eigenvalue weighted by Crippen LogP contribution is 2.18. The topological polar surface area (TPSA) is 58.0 Å². The number of hydrogen-bond donors (Lipinski definition) is 2. The Morgan fingerprint density at radius 3 is 2.90 bits per heavy atom. The van der Waals surface area contributed by atoms with Crippen molar-refractivity contribution >= 4 is 50.2 Å². The Kier molecular flexibility index (Phi) is 6.02. The molecule has 0 radical (unpaired) electrons. The summed E-state index contributed by atoms with van der Waals surface area (Å²) >= 11 is 6.99. The molecule has 0 fully saturated rings. The van der Waals surface area contributed by atoms with Crippen LogP contribution in [0.3, 0.4) is 0 Å². The molecule has 4 nitrogen and oxygen atoms in total. The lowest BCUT2D eigenvalue weighted by atomic mass is 10.1. The number of H-pyrrole nitrogens is 1. The van der Waals surface area contributed by atoms with Gasteiger partial charge in [-0.2, -0.15) is 0 Å². The Labute approximate surface area is 178 Å². The van der Waals surface area contributed by atoms with Gasteiger partial charge >= 0.3 is 5.63 Å². The minimum Gasteiger partial charge on any atom is -0.423 e. The molecule has 0 unspecified atom stereocenters. The van der Waals surface area contributed by atoms with Crippen LogP contribution in [0.15, 0.2) is 63.9 Å². The molecule has 2 heterocycles. The lowest BCUT2D eigenvalue weighted by Crippen LogP contribution is -2.22. The van der Waals surface area contributed by atoms with E-state index in [1.807, 2.05) is 37.3 Å². The molecule has 0 spiro atoms. The Morgan fingerprint density at radius 2 is 2.00 bits per heavy atom. The summed E-state index contributed by atoms with van der Waals surface area (Å²) in [5, 5.41) is 5.51. The van der Waals surface area contributed by atoms with Crippen LogP contribution >= 0.6 is 24.0 Å². The highest BCUT2D eigenvalue weighted by Gasteiger charge is 2.07. The molecule has 0 amide bonds. The van der Waals surface area contributed by atoms with Crippen LogP contribution in [-0.2, 0) is 12.8 Å². The highest BCUT2D eigenvalue weighted by atomic mass is 32.2. The lowest BCUT2D eigenvalue weighted by molar-refractivity contribution is 0.551. The first-order chi connectivity index (χ1) is 14.1. The molecule has 0 aliphatic carbocycles. The van der Waals surface area contributed by atoms with Gasteiger partial charge in [0.05, 0.1) is 0 Å². The first-order valence-corrected chi connectivity index (χ1v) is 11.0. The summed E-state index contributed by atoms with van der Waals surface area (Å²) in [6.45, 7) is 2.77. The zero-order valence-corrected chi connectivity index (χ0v) is 17.8. The van der Waals surface area contributed by atoms with Gasteiger partial charge in [-0.3, -0.25) is 0 Å². The summed E-state index contributed by atoms with van der Waals surface area (Å²) in [5.41, 5.74) is 4.58. The second-order valence-electron chi connectivity index (χ2n) is 7.02. The van der Waals surface area contributed by atoms with E-state index in [2.05, 4.69) is 34.7 Å². The van der Waals surface area contributed by atoms with Crippen LogP contribution in [0.2, 0.25) is 0 Å². The monoisotopic (exact) mass is 422 g/mol. The number of para-hydroxylation sites is 1. The Hall–Kier alpha value is -2.57. The van der Waals surface area contributed by atoms with Gasteiger partial charge in [0.15, 0.2) is 0 Å². The minimum absolute atomic E-state index is 0.262. The molecule has 0 aliphatic rings. The summed E-state index contributed by atoms with van der Waals surface area (Å²) in [6, 6.07) is 16.1. The third-order valence-electron chi connectivity index (χ3n) is 4.91. The standard InChI is InChI=1S/C23H22N2O2S2/c1-15-6-7-16-13-17(22(26)27-21(16)12-15)9-11-29-23(28)24-10-8-18-14-25-20-5-3-2-4-19(18)20/h2-7,12-14,25H,8-11H2,1H3,(H,24,28). The van der Waals surface area contributed by atoms with E-state index in [0.29, 0.717) is 17.6 Å². The summed E-state index contributed by atoms with van der Waals surface area (Å²) in [6.07, 6.45) is 3.59. The molecule has 4 rings (SSSR count). The largest absolute Gasteiger partial charge is 0.423 e. The first-order valence-electron chi connectivity index (χ1n) is 9.59. The molecule has 0 atom stereocenters. The summed E-state index contributed by atoms with van der Waals surface area (Å²) in [7, 11) is 0. The minimum atomic E-state index is -0.262. The van der Waals surface area contributed by atoms with E-state index in [0.717, 1.165) is 39.5 Å². The van der Waals surface area contributed by atoms with Gasteiger partial charge in [-0.05, 0) is 49.1 Å². The number of hydrogen-bond acceptors (Lipinski definition) is 4. The van der Waals surface area contributed by atoms with Crippen molar-refractivity contribution in [3.8, 4) is 0 Å². The Morgan fingerprint density at radius 1 is 1.14 bits per heavy atom. The second kappa shape index (κ2) is 8.84. The van der Waals surface area contributed by atoms with Crippen molar-refractivity contribution in [1.29, 1.82) is 0 Å². The predicted octanol–water partition coefficient (Wildman–Crippen LogP) is 4.98. The van der Waals surface area contributed by atoms with E-state index in [-0.39, 0.29) is 5.63 Å². The van der Waals surface area contributed by atoms with Gasteiger partial charge in [0.25, 0.3) is 0 Å². The van der Waals surface area contributed by atoms with Gasteiger partial charge in [0.2, 0.25) is 0 Å². The fourth-order valence-electron chi connectivity index (χ4n) is 3.38. The Balaban J connectivity index is 1.27. The number of thiocarbonyl (C=S) groups is 1. The molecule has 2 N–H and O–H groups in total. The Bertz CT molecular complexity index is 1230. The lowest BCUT2D eigenvalue weighted by Gasteiger charge is -2.07. The number of thioether (sulfide) groups is 1. The number of aryl methyl sites for hydroxylation is 2. The van der Waals surface area contributed by atoms with E-state index in [4.69, 9.17) is 16.6 Å². The van der Waals surface area contributed by atoms with Crippen molar-refractivity contribution in [1.82, 2.24) is 10.3 Å². The quantitative estimate of drug-likeness (QED) is 0.339. The molecule has 2 aromatic heterocycles. The summed E-state index contributed by atoms with van der Waals surface area (Å²) in [5.74, 6) is 0.737. The molecule has 0 saturated carbocycles. The number of aromatic nitrogens is 1. The fraction of sp³-hybridized carbons (Fsp3) is 0.217. The van der Waals surface area contributed by atoms with Gasteiger partial charge in [-0.1, -0.05) is 54.3 Å². The highest BCUT2D eigenvalue weighted by molar-refractivity contribution is 8.22. The van der Waals surface area contributed by atoms with Crippen LogP contribution in [0.25, 0.3) is 21.9 Å². The van der Waals surface area contributed by atoms with Gasteiger partial charge in [-0.25, -0.2) is 4.79 Å². The molecular formula is C23H22N2O2S2. The third-order valence-corrected chi connectivity index (χ3v) is 6.22. The van der Waals surface area contributed by atoms with Gasteiger partial charge < -0.3 is 14.7 Å². The number of fused-ring (bicyclic) bond motifs is 2. The van der Waals surface area contributed by atoms with Crippen molar-refractivity contribution < 1.29 is 4.42 Å². The van der Waals surface area contributed by atoms with Crippen molar-refractivity contribution in [2.45, 2.75) is 19.8 Å². The zero-order valence-electron chi connectivity index (χ0n) is 16.2. The maximum Gasteiger partial charge on any atom is 0.339 e. The van der Waals surface area contributed by atoms with Crippen LogP contribution in [0.5, 0.6) is 0 Å². The van der Waals surface area contributed by atoms with E-state index in [1.54, 1.807) is 11.8 Å². The molecule has 4 aromatic rings. The average Bonchev–Trinajstić information content (AvgIpc) is 3.12. The average molecular weight is 423 g/mol. The number of rotatable bonds is 6. The van der Waals surface area contributed by atoms with Crippen molar-refractivity contribution in [3.63, 3.8) is 0 Å². The second-order valence-corrected chi connectivity index (χ2v) is 8.79. The van der Waals surface area contributed by atoms with E-state index < -0.39 is 0 Å². The zero-order chi connectivity index (χ0) is 20.2. The number of aromatic amines is 1. The summed E-state index contributed by atoms with van der Waals surface area (Å²) < 4.78 is 6.21. The molecule has 0 bridgehead atoms. The van der Waals surface area contributed by atoms with Crippen molar-refractivity contribution in [3.05, 3.63) is 81.8 Å². The molecule has 148 valence electrons. The van der Waals surface area contributed by atoms with Crippen LogP contribution < -0.4 is 10.9 Å². The molecule has 0 saturated heterocycles. The molecule has 29 heavy (non-hydrogen) atoms. The van der Waals surface area contributed by atoms with Crippen LogP contribution in [0.1, 0.15) is 16.7 Å². The van der Waals surface area contributed by atoms with Gasteiger partial charge in [0.1, 0.15) is 9.90 Å². The molecule has 0 aliphatic heterocycles. The van der Waals surface area contributed by atoms with Gasteiger partial charge in [-0.15, -0.1) is 0 Å². The van der Waals surface area contributed by atoms with Crippen molar-refractivity contribution in [2.24, 2.45) is 0 Å². The molecular weight excluding hydrogens is 400 g/mol. The fourth-order valence-corrected chi connectivity index (χ4v) is 4.44. The van der Waals surface area contributed by atoms with Crippen LogP contribution in [-0.4, -0.2) is 21.6 Å². The van der Waals surface area contributed by atoms with E-state index in [1.165, 1.54) is 10.9 Å². The third kappa shape index (κ3) is 4.71. The van der Waals surface area contributed by atoms with Crippen LogP contribution in [0, 0.1) is 6.92 Å². The predicted molar refractivity (Wildman–Crippen MR) is 126 cm³/mol. The van der Waals surface area contributed by atoms with E-state index in [9.17, 15) is 4.79 Å². The van der Waals surface area contributed by atoms with Crippen molar-refractivity contribution in [2.75, 3.05) is 12.3 Å². The number of benzene rings is 2. The summed E-state index contributed by atoms with van der Waals surface area (Å²) in [4.78, 5) is 15.5.